The molecule has 0 bridgehead atoms. The lowest BCUT2D eigenvalue weighted by molar-refractivity contribution is -0.121. The van der Waals surface area contributed by atoms with Crippen LogP contribution in [-0.4, -0.2) is 14.9 Å². The summed E-state index contributed by atoms with van der Waals surface area (Å²) < 4.78 is 16.8. The zero-order valence-electron chi connectivity index (χ0n) is 14.2. The molecule has 0 unspecified atom stereocenters. The molecule has 2 heterocycles. The van der Waals surface area contributed by atoms with Gasteiger partial charge in [0.1, 0.15) is 17.9 Å². The molecule has 0 saturated heterocycles. The molecule has 0 aliphatic carbocycles. The van der Waals surface area contributed by atoms with Crippen LogP contribution in [0.2, 0.25) is 5.02 Å². The Morgan fingerprint density at radius 2 is 1.85 bits per heavy atom. The van der Waals surface area contributed by atoms with Crippen LogP contribution in [0.5, 0.6) is 0 Å². The van der Waals surface area contributed by atoms with Crippen LogP contribution in [-0.2, 0) is 17.9 Å². The zero-order chi connectivity index (χ0) is 19.0. The Morgan fingerprint density at radius 1 is 1.04 bits per heavy atom. The van der Waals surface area contributed by atoms with Gasteiger partial charge in [0.15, 0.2) is 0 Å². The first-order valence-electron chi connectivity index (χ1n) is 8.34. The van der Waals surface area contributed by atoms with E-state index in [0.29, 0.717) is 21.6 Å². The highest BCUT2D eigenvalue weighted by Crippen LogP contribution is 2.17. The summed E-state index contributed by atoms with van der Waals surface area (Å²) in [6.07, 6.45) is 1.73. The van der Waals surface area contributed by atoms with Crippen molar-refractivity contribution in [2.75, 3.05) is 0 Å². The maximum Gasteiger partial charge on any atom is 0.275 e. The SMILES string of the molecule is O=C(Cn1c(=O)c2cccn2c2ccc(F)cc21)NCc1ccccc1Cl. The number of fused-ring (bicyclic) bond motifs is 3. The van der Waals surface area contributed by atoms with Crippen molar-refractivity contribution < 1.29 is 9.18 Å². The van der Waals surface area contributed by atoms with Crippen molar-refractivity contribution in [3.63, 3.8) is 0 Å². The third kappa shape index (κ3) is 3.19. The number of halogens is 2. The fourth-order valence-electron chi connectivity index (χ4n) is 3.12. The van der Waals surface area contributed by atoms with Crippen molar-refractivity contribution in [3.8, 4) is 0 Å². The largest absolute Gasteiger partial charge is 0.350 e. The van der Waals surface area contributed by atoms with Crippen LogP contribution in [0.3, 0.4) is 0 Å². The Bertz CT molecular complexity index is 1230. The van der Waals surface area contributed by atoms with Crippen molar-refractivity contribution in [3.05, 3.63) is 87.6 Å². The summed E-state index contributed by atoms with van der Waals surface area (Å²) in [5.74, 6) is -0.836. The molecular weight excluding hydrogens is 369 g/mol. The predicted octanol–water partition coefficient (Wildman–Crippen LogP) is 3.36. The Hall–Kier alpha value is -3.12. The van der Waals surface area contributed by atoms with Crippen LogP contribution in [0.1, 0.15) is 5.56 Å². The Kier molecular flexibility index (Phi) is 4.41. The fourth-order valence-corrected chi connectivity index (χ4v) is 3.32. The smallest absolute Gasteiger partial charge is 0.275 e. The van der Waals surface area contributed by atoms with Gasteiger partial charge in [-0.2, -0.15) is 0 Å². The molecule has 0 radical (unpaired) electrons. The van der Waals surface area contributed by atoms with Gasteiger partial charge in [-0.25, -0.2) is 4.39 Å². The minimum atomic E-state index is -0.473. The van der Waals surface area contributed by atoms with Crippen molar-refractivity contribution in [2.24, 2.45) is 0 Å². The average Bonchev–Trinajstić information content (AvgIpc) is 3.14. The van der Waals surface area contributed by atoms with E-state index in [1.165, 1.54) is 16.7 Å². The molecule has 0 saturated carbocycles. The third-order valence-electron chi connectivity index (χ3n) is 4.44. The molecule has 1 amide bonds. The second-order valence-corrected chi connectivity index (χ2v) is 6.56. The van der Waals surface area contributed by atoms with Gasteiger partial charge < -0.3 is 9.72 Å². The quantitative estimate of drug-likeness (QED) is 0.587. The van der Waals surface area contributed by atoms with E-state index in [9.17, 15) is 14.0 Å². The number of hydrogen-bond acceptors (Lipinski definition) is 2. The normalized spacial score (nSPS) is 11.2. The van der Waals surface area contributed by atoms with Crippen molar-refractivity contribution >= 4 is 34.1 Å². The lowest BCUT2D eigenvalue weighted by Gasteiger charge is -2.13. The number of carbonyl (C=O) groups is 1. The van der Waals surface area contributed by atoms with Gasteiger partial charge in [0.25, 0.3) is 5.56 Å². The summed E-state index contributed by atoms with van der Waals surface area (Å²) in [4.78, 5) is 25.2. The molecule has 2 aromatic heterocycles. The van der Waals surface area contributed by atoms with E-state index in [0.717, 1.165) is 5.56 Å². The van der Waals surface area contributed by atoms with Gasteiger partial charge in [-0.3, -0.25) is 14.2 Å². The summed E-state index contributed by atoms with van der Waals surface area (Å²) in [6, 6.07) is 14.8. The number of amides is 1. The Morgan fingerprint density at radius 3 is 2.67 bits per heavy atom. The van der Waals surface area contributed by atoms with Gasteiger partial charge in [0, 0.05) is 17.8 Å². The molecule has 2 aromatic carbocycles. The van der Waals surface area contributed by atoms with Crippen LogP contribution in [0, 0.1) is 5.82 Å². The van der Waals surface area contributed by atoms with E-state index >= 15 is 0 Å². The second-order valence-electron chi connectivity index (χ2n) is 6.16. The molecule has 0 atom stereocenters. The molecule has 0 fully saturated rings. The summed E-state index contributed by atoms with van der Waals surface area (Å²) in [7, 11) is 0. The average molecular weight is 384 g/mol. The molecule has 0 aliphatic rings. The van der Waals surface area contributed by atoms with E-state index in [4.69, 9.17) is 11.6 Å². The fraction of sp³-hybridized carbons (Fsp3) is 0.100. The summed E-state index contributed by atoms with van der Waals surface area (Å²) in [6.45, 7) is 0.0256. The molecule has 4 aromatic rings. The van der Waals surface area contributed by atoms with Gasteiger partial charge in [-0.1, -0.05) is 29.8 Å². The molecule has 0 aliphatic heterocycles. The lowest BCUT2D eigenvalue weighted by atomic mass is 10.2. The van der Waals surface area contributed by atoms with E-state index in [-0.39, 0.29) is 24.6 Å². The van der Waals surface area contributed by atoms with Crippen LogP contribution in [0.15, 0.2) is 65.6 Å². The van der Waals surface area contributed by atoms with Crippen molar-refractivity contribution in [1.82, 2.24) is 14.3 Å². The number of aromatic nitrogens is 2. The van der Waals surface area contributed by atoms with Gasteiger partial charge in [0.2, 0.25) is 5.91 Å². The molecule has 27 heavy (non-hydrogen) atoms. The molecule has 1 N–H and O–H groups in total. The summed E-state index contributed by atoms with van der Waals surface area (Å²) in [5.41, 5.74) is 1.85. The van der Waals surface area contributed by atoms with Gasteiger partial charge in [0.05, 0.1) is 11.0 Å². The van der Waals surface area contributed by atoms with Crippen LogP contribution >= 0.6 is 11.6 Å². The maximum absolute atomic E-state index is 13.8. The van der Waals surface area contributed by atoms with Gasteiger partial charge in [-0.05, 0) is 42.0 Å². The molecular formula is C20H15ClFN3O2. The Balaban J connectivity index is 1.69. The highest BCUT2D eigenvalue weighted by Gasteiger charge is 2.14. The van der Waals surface area contributed by atoms with E-state index in [1.807, 2.05) is 12.1 Å². The maximum atomic E-state index is 13.8. The molecule has 7 heteroatoms. The number of carbonyl (C=O) groups excluding carboxylic acids is 1. The first-order chi connectivity index (χ1) is 13.0. The van der Waals surface area contributed by atoms with E-state index in [1.54, 1.807) is 40.9 Å². The third-order valence-corrected chi connectivity index (χ3v) is 4.81. The van der Waals surface area contributed by atoms with Crippen LogP contribution in [0.4, 0.5) is 4.39 Å². The first kappa shape index (κ1) is 17.3. The highest BCUT2D eigenvalue weighted by atomic mass is 35.5. The number of nitrogens with zero attached hydrogens (tertiary/aromatic N) is 2. The molecule has 4 rings (SSSR count). The van der Waals surface area contributed by atoms with Crippen molar-refractivity contribution in [2.45, 2.75) is 13.1 Å². The number of benzene rings is 2. The summed E-state index contributed by atoms with van der Waals surface area (Å²) in [5, 5.41) is 3.31. The number of nitrogens with one attached hydrogen (secondary N) is 1. The topological polar surface area (TPSA) is 55.5 Å². The van der Waals surface area contributed by atoms with Crippen LogP contribution in [0.25, 0.3) is 16.6 Å². The molecule has 5 nitrogen and oxygen atoms in total. The van der Waals surface area contributed by atoms with Crippen molar-refractivity contribution in [1.29, 1.82) is 0 Å². The second kappa shape index (κ2) is 6.89. The zero-order valence-corrected chi connectivity index (χ0v) is 14.9. The molecule has 136 valence electrons. The van der Waals surface area contributed by atoms with E-state index < -0.39 is 5.82 Å². The summed E-state index contributed by atoms with van der Waals surface area (Å²) >= 11 is 6.09. The Labute approximate surface area is 158 Å². The number of rotatable bonds is 4. The number of hydrogen-bond donors (Lipinski definition) is 1. The predicted molar refractivity (Wildman–Crippen MR) is 102 cm³/mol. The highest BCUT2D eigenvalue weighted by molar-refractivity contribution is 6.31. The minimum Gasteiger partial charge on any atom is -0.350 e. The standard InChI is InChI=1S/C20H15ClFN3O2/c21-15-5-2-1-4-13(15)11-23-19(26)12-25-18-10-14(22)7-8-16(18)24-9-3-6-17(24)20(25)27/h1-10H,11-12H2,(H,23,26). The first-order valence-corrected chi connectivity index (χ1v) is 8.71. The monoisotopic (exact) mass is 383 g/mol. The minimum absolute atomic E-state index is 0.217. The van der Waals surface area contributed by atoms with Gasteiger partial charge >= 0.3 is 0 Å². The van der Waals surface area contributed by atoms with Gasteiger partial charge in [-0.15, -0.1) is 0 Å². The molecule has 0 spiro atoms. The van der Waals surface area contributed by atoms with E-state index in [2.05, 4.69) is 5.32 Å². The van der Waals surface area contributed by atoms with Crippen LogP contribution < -0.4 is 10.9 Å². The lowest BCUT2D eigenvalue weighted by Crippen LogP contribution is -2.33.